The van der Waals surface area contributed by atoms with Crippen molar-refractivity contribution < 1.29 is 9.21 Å². The third-order valence-electron chi connectivity index (χ3n) is 2.28. The van der Waals surface area contributed by atoms with Gasteiger partial charge in [-0.2, -0.15) is 0 Å². The Morgan fingerprint density at radius 2 is 2.19 bits per heavy atom. The maximum absolute atomic E-state index is 10.5. The highest BCUT2D eigenvalue weighted by Gasteiger charge is 2.09. The molecule has 0 saturated heterocycles. The minimum atomic E-state index is 0.445. The van der Waals surface area contributed by atoms with Gasteiger partial charge in [0.2, 0.25) is 0 Å². The molecule has 3 rings (SSSR count). The van der Waals surface area contributed by atoms with Crippen molar-refractivity contribution in [3.05, 3.63) is 41.4 Å². The summed E-state index contributed by atoms with van der Waals surface area (Å²) in [6.07, 6.45) is 0.739. The van der Waals surface area contributed by atoms with E-state index in [9.17, 15) is 4.79 Å². The summed E-state index contributed by atoms with van der Waals surface area (Å²) in [6.45, 7) is 0. The number of nitrogens with zero attached hydrogens (tertiary/aromatic N) is 1. The summed E-state index contributed by atoms with van der Waals surface area (Å²) in [6, 6.07) is 9.71. The first-order chi connectivity index (χ1) is 7.86. The number of aldehydes is 1. The van der Waals surface area contributed by atoms with Gasteiger partial charge in [-0.25, -0.2) is 4.98 Å². The Morgan fingerprint density at radius 3 is 2.94 bits per heavy atom. The Kier molecular flexibility index (Phi) is 2.08. The van der Waals surface area contributed by atoms with Crippen molar-refractivity contribution in [3.63, 3.8) is 0 Å². The SMILES string of the molecule is O=Cc1csc(-c2cc3ccccc3o2)n1. The molecule has 0 saturated carbocycles. The number of carbonyl (C=O) groups excluding carboxylic acids is 1. The quantitative estimate of drug-likeness (QED) is 0.633. The van der Waals surface area contributed by atoms with Crippen molar-refractivity contribution in [1.29, 1.82) is 0 Å². The van der Waals surface area contributed by atoms with Crippen molar-refractivity contribution >= 4 is 28.6 Å². The van der Waals surface area contributed by atoms with Crippen molar-refractivity contribution in [3.8, 4) is 10.8 Å². The number of fused-ring (bicyclic) bond motifs is 1. The minimum absolute atomic E-state index is 0.445. The van der Waals surface area contributed by atoms with E-state index in [-0.39, 0.29) is 0 Å². The zero-order chi connectivity index (χ0) is 11.0. The largest absolute Gasteiger partial charge is 0.454 e. The second-order valence-electron chi connectivity index (χ2n) is 3.34. The predicted molar refractivity (Wildman–Crippen MR) is 62.7 cm³/mol. The first kappa shape index (κ1) is 9.30. The molecule has 3 aromatic rings. The van der Waals surface area contributed by atoms with Crippen LogP contribution in [-0.4, -0.2) is 11.3 Å². The zero-order valence-electron chi connectivity index (χ0n) is 8.21. The van der Waals surface area contributed by atoms with Gasteiger partial charge >= 0.3 is 0 Å². The number of aromatic nitrogens is 1. The third-order valence-corrected chi connectivity index (χ3v) is 3.15. The van der Waals surface area contributed by atoms with E-state index >= 15 is 0 Å². The Hall–Kier alpha value is -1.94. The van der Waals surface area contributed by atoms with Crippen LogP contribution in [0.25, 0.3) is 21.7 Å². The van der Waals surface area contributed by atoms with E-state index in [1.54, 1.807) is 5.38 Å². The monoisotopic (exact) mass is 229 g/mol. The van der Waals surface area contributed by atoms with Gasteiger partial charge in [-0.15, -0.1) is 11.3 Å². The van der Waals surface area contributed by atoms with Crippen LogP contribution in [0.2, 0.25) is 0 Å². The summed E-state index contributed by atoms with van der Waals surface area (Å²) in [4.78, 5) is 14.7. The summed E-state index contributed by atoms with van der Waals surface area (Å²) in [7, 11) is 0. The van der Waals surface area contributed by atoms with Gasteiger partial charge < -0.3 is 4.42 Å². The van der Waals surface area contributed by atoms with E-state index in [1.165, 1.54) is 11.3 Å². The van der Waals surface area contributed by atoms with E-state index in [2.05, 4.69) is 4.98 Å². The third kappa shape index (κ3) is 1.44. The van der Waals surface area contributed by atoms with Crippen LogP contribution in [0.4, 0.5) is 0 Å². The Morgan fingerprint density at radius 1 is 1.31 bits per heavy atom. The summed E-state index contributed by atoms with van der Waals surface area (Å²) in [5.74, 6) is 0.708. The molecule has 4 heteroatoms. The molecule has 0 unspecified atom stereocenters. The predicted octanol–water partition coefficient (Wildman–Crippen LogP) is 3.37. The van der Waals surface area contributed by atoms with E-state index in [0.29, 0.717) is 11.5 Å². The highest BCUT2D eigenvalue weighted by atomic mass is 32.1. The number of benzene rings is 1. The van der Waals surface area contributed by atoms with Gasteiger partial charge in [-0.3, -0.25) is 4.79 Å². The lowest BCUT2D eigenvalue weighted by Gasteiger charge is -1.86. The van der Waals surface area contributed by atoms with Crippen LogP contribution in [0, 0.1) is 0 Å². The van der Waals surface area contributed by atoms with Crippen molar-refractivity contribution in [2.75, 3.05) is 0 Å². The molecule has 0 N–H and O–H groups in total. The summed E-state index contributed by atoms with van der Waals surface area (Å²) in [5.41, 5.74) is 1.28. The Balaban J connectivity index is 2.14. The summed E-state index contributed by atoms with van der Waals surface area (Å²) in [5, 5.41) is 3.49. The molecule has 2 heterocycles. The first-order valence-corrected chi connectivity index (χ1v) is 5.64. The van der Waals surface area contributed by atoms with Crippen LogP contribution in [-0.2, 0) is 0 Å². The topological polar surface area (TPSA) is 43.1 Å². The maximum Gasteiger partial charge on any atom is 0.169 e. The molecule has 78 valence electrons. The van der Waals surface area contributed by atoms with Gasteiger partial charge in [0.1, 0.15) is 11.3 Å². The van der Waals surface area contributed by atoms with Crippen molar-refractivity contribution in [2.45, 2.75) is 0 Å². The van der Waals surface area contributed by atoms with Crippen LogP contribution in [0.5, 0.6) is 0 Å². The fourth-order valence-corrected chi connectivity index (χ4v) is 2.26. The average molecular weight is 229 g/mol. The molecule has 1 aromatic carbocycles. The number of thiazole rings is 1. The molecule has 0 fully saturated rings. The molecule has 0 amide bonds. The summed E-state index contributed by atoms with van der Waals surface area (Å²) < 4.78 is 5.64. The summed E-state index contributed by atoms with van der Waals surface area (Å²) >= 11 is 1.41. The number of hydrogen-bond donors (Lipinski definition) is 0. The molecular weight excluding hydrogens is 222 g/mol. The minimum Gasteiger partial charge on any atom is -0.454 e. The van der Waals surface area contributed by atoms with Crippen molar-refractivity contribution in [1.82, 2.24) is 4.98 Å². The number of rotatable bonds is 2. The van der Waals surface area contributed by atoms with Crippen LogP contribution in [0.15, 0.2) is 40.1 Å². The Bertz CT molecular complexity index is 621. The van der Waals surface area contributed by atoms with Gasteiger partial charge in [0, 0.05) is 10.8 Å². The highest BCUT2D eigenvalue weighted by Crippen LogP contribution is 2.29. The van der Waals surface area contributed by atoms with E-state index in [1.807, 2.05) is 30.3 Å². The van der Waals surface area contributed by atoms with Crippen LogP contribution in [0.1, 0.15) is 10.5 Å². The van der Waals surface area contributed by atoms with Gasteiger partial charge in [0.15, 0.2) is 17.1 Å². The van der Waals surface area contributed by atoms with Crippen LogP contribution >= 0.6 is 11.3 Å². The van der Waals surface area contributed by atoms with E-state index in [0.717, 1.165) is 22.3 Å². The second kappa shape index (κ2) is 3.57. The molecule has 0 spiro atoms. The smallest absolute Gasteiger partial charge is 0.169 e. The fourth-order valence-electron chi connectivity index (χ4n) is 1.54. The number of furan rings is 1. The van der Waals surface area contributed by atoms with Gasteiger partial charge in [0.25, 0.3) is 0 Å². The molecule has 0 bridgehead atoms. The zero-order valence-corrected chi connectivity index (χ0v) is 9.03. The standard InChI is InChI=1S/C12H7NO2S/c14-6-9-7-16-12(13-9)11-5-8-3-1-2-4-10(8)15-11/h1-7H. The molecule has 16 heavy (non-hydrogen) atoms. The second-order valence-corrected chi connectivity index (χ2v) is 4.20. The van der Waals surface area contributed by atoms with Crippen LogP contribution < -0.4 is 0 Å². The molecule has 0 aliphatic carbocycles. The highest BCUT2D eigenvalue weighted by molar-refractivity contribution is 7.13. The molecule has 2 aromatic heterocycles. The van der Waals surface area contributed by atoms with Crippen molar-refractivity contribution in [2.24, 2.45) is 0 Å². The average Bonchev–Trinajstić information content (AvgIpc) is 2.95. The Labute approximate surface area is 95.4 Å². The van der Waals surface area contributed by atoms with Gasteiger partial charge in [0.05, 0.1) is 0 Å². The van der Waals surface area contributed by atoms with E-state index < -0.39 is 0 Å². The molecule has 0 aliphatic rings. The van der Waals surface area contributed by atoms with Crippen LogP contribution in [0.3, 0.4) is 0 Å². The lowest BCUT2D eigenvalue weighted by Crippen LogP contribution is -1.77. The number of para-hydroxylation sites is 1. The molecule has 0 radical (unpaired) electrons. The van der Waals surface area contributed by atoms with Gasteiger partial charge in [-0.05, 0) is 12.1 Å². The van der Waals surface area contributed by atoms with E-state index in [4.69, 9.17) is 4.42 Å². The normalized spacial score (nSPS) is 10.8. The first-order valence-electron chi connectivity index (χ1n) is 4.76. The molecule has 3 nitrogen and oxygen atoms in total. The molecular formula is C12H7NO2S. The fraction of sp³-hybridized carbons (Fsp3) is 0. The molecule has 0 aliphatic heterocycles. The lowest BCUT2D eigenvalue weighted by atomic mass is 10.2. The lowest BCUT2D eigenvalue weighted by molar-refractivity contribution is 0.111. The number of carbonyl (C=O) groups is 1. The number of hydrogen-bond acceptors (Lipinski definition) is 4. The molecule has 0 atom stereocenters. The van der Waals surface area contributed by atoms with Gasteiger partial charge in [-0.1, -0.05) is 18.2 Å². The maximum atomic E-state index is 10.5.